The molecule has 0 saturated heterocycles. The molecule has 4 aromatic rings. The molecule has 0 aromatic heterocycles. The quantitative estimate of drug-likeness (QED) is 0.262. The number of hydrogen-bond acceptors (Lipinski definition) is 6. The van der Waals surface area contributed by atoms with Crippen LogP contribution in [0.1, 0.15) is 22.3 Å². The molecule has 0 heterocycles. The van der Waals surface area contributed by atoms with E-state index in [4.69, 9.17) is 18.9 Å². The van der Waals surface area contributed by atoms with Crippen molar-refractivity contribution in [3.05, 3.63) is 144 Å². The van der Waals surface area contributed by atoms with E-state index < -0.39 is 36.6 Å². The molecular formula is C34H36O6. The SMILES string of the molecule is O[C@@H]1[C@H](O)[C@@H](OCc2ccccc2)[C@@H](OCc2ccccc2)[C@H](OCc2ccccc2)[C@@H]1OCc1ccccc1. The van der Waals surface area contributed by atoms with Crippen LogP contribution >= 0.6 is 0 Å². The molecule has 6 nitrogen and oxygen atoms in total. The van der Waals surface area contributed by atoms with E-state index in [1.165, 1.54) is 0 Å². The molecule has 0 unspecified atom stereocenters. The molecule has 5 rings (SSSR count). The molecule has 0 spiro atoms. The fraction of sp³-hybridized carbons (Fsp3) is 0.294. The molecule has 1 aliphatic rings. The van der Waals surface area contributed by atoms with E-state index in [0.29, 0.717) is 0 Å². The van der Waals surface area contributed by atoms with Gasteiger partial charge in [-0.2, -0.15) is 0 Å². The lowest BCUT2D eigenvalue weighted by molar-refractivity contribution is -0.273. The maximum atomic E-state index is 11.4. The third-order valence-corrected chi connectivity index (χ3v) is 7.14. The number of aliphatic hydroxyl groups excluding tert-OH is 2. The Morgan fingerprint density at radius 1 is 0.350 bits per heavy atom. The van der Waals surface area contributed by atoms with Gasteiger partial charge in [-0.15, -0.1) is 0 Å². The molecule has 6 heteroatoms. The Bertz CT molecular complexity index is 1150. The largest absolute Gasteiger partial charge is 0.387 e. The molecule has 1 fully saturated rings. The fourth-order valence-electron chi connectivity index (χ4n) is 4.98. The first-order valence-electron chi connectivity index (χ1n) is 13.7. The number of rotatable bonds is 12. The van der Waals surface area contributed by atoms with Gasteiger partial charge in [0.05, 0.1) is 26.4 Å². The van der Waals surface area contributed by atoms with Crippen LogP contribution in [0.25, 0.3) is 0 Å². The first-order chi connectivity index (χ1) is 19.7. The normalized spacial score (nSPS) is 24.6. The zero-order chi connectivity index (χ0) is 27.6. The summed E-state index contributed by atoms with van der Waals surface area (Å²) in [5.74, 6) is 0. The number of benzene rings is 4. The maximum absolute atomic E-state index is 11.4. The van der Waals surface area contributed by atoms with Gasteiger partial charge in [-0.3, -0.25) is 0 Å². The van der Waals surface area contributed by atoms with Crippen LogP contribution in [0.5, 0.6) is 0 Å². The van der Waals surface area contributed by atoms with Crippen LogP contribution in [0.4, 0.5) is 0 Å². The fourth-order valence-corrected chi connectivity index (χ4v) is 4.98. The van der Waals surface area contributed by atoms with E-state index in [1.807, 2.05) is 121 Å². The number of ether oxygens (including phenoxy) is 4. The molecule has 1 saturated carbocycles. The smallest absolute Gasteiger partial charge is 0.116 e. The minimum Gasteiger partial charge on any atom is -0.387 e. The molecule has 2 N–H and O–H groups in total. The highest BCUT2D eigenvalue weighted by Gasteiger charge is 2.52. The Morgan fingerprint density at radius 3 is 0.825 bits per heavy atom. The Balaban J connectivity index is 1.42. The summed E-state index contributed by atoms with van der Waals surface area (Å²) in [4.78, 5) is 0. The van der Waals surface area contributed by atoms with Gasteiger partial charge in [-0.25, -0.2) is 0 Å². The minimum absolute atomic E-state index is 0.251. The van der Waals surface area contributed by atoms with Crippen LogP contribution in [0.15, 0.2) is 121 Å². The molecule has 0 radical (unpaired) electrons. The average Bonchev–Trinajstić information content (AvgIpc) is 3.01. The zero-order valence-electron chi connectivity index (χ0n) is 22.4. The van der Waals surface area contributed by atoms with E-state index in [0.717, 1.165) is 22.3 Å². The monoisotopic (exact) mass is 540 g/mol. The molecule has 40 heavy (non-hydrogen) atoms. The Kier molecular flexibility index (Phi) is 10.1. The number of hydrogen-bond donors (Lipinski definition) is 2. The first kappa shape index (κ1) is 28.2. The summed E-state index contributed by atoms with van der Waals surface area (Å²) in [5.41, 5.74) is 3.87. The topological polar surface area (TPSA) is 77.4 Å². The highest BCUT2D eigenvalue weighted by molar-refractivity contribution is 5.17. The maximum Gasteiger partial charge on any atom is 0.116 e. The van der Waals surface area contributed by atoms with Gasteiger partial charge in [0, 0.05) is 0 Å². The van der Waals surface area contributed by atoms with Gasteiger partial charge >= 0.3 is 0 Å². The van der Waals surface area contributed by atoms with E-state index in [9.17, 15) is 10.2 Å². The summed E-state index contributed by atoms with van der Waals surface area (Å²) >= 11 is 0. The predicted octanol–water partition coefficient (Wildman–Crippen LogP) is 5.06. The van der Waals surface area contributed by atoms with E-state index in [2.05, 4.69) is 0 Å². The third-order valence-electron chi connectivity index (χ3n) is 7.14. The van der Waals surface area contributed by atoms with Crippen molar-refractivity contribution in [1.29, 1.82) is 0 Å². The van der Waals surface area contributed by atoms with Gasteiger partial charge in [0.25, 0.3) is 0 Å². The highest BCUT2D eigenvalue weighted by Crippen LogP contribution is 2.32. The molecule has 0 bridgehead atoms. The Labute approximate surface area is 235 Å². The van der Waals surface area contributed by atoms with Gasteiger partial charge in [0.15, 0.2) is 0 Å². The van der Waals surface area contributed by atoms with Crippen molar-refractivity contribution in [2.24, 2.45) is 0 Å². The lowest BCUT2D eigenvalue weighted by atomic mass is 9.84. The molecule has 1 aliphatic carbocycles. The van der Waals surface area contributed by atoms with E-state index in [1.54, 1.807) is 0 Å². The van der Waals surface area contributed by atoms with Gasteiger partial charge < -0.3 is 29.2 Å². The summed E-state index contributed by atoms with van der Waals surface area (Å²) in [6, 6.07) is 39.1. The van der Waals surface area contributed by atoms with E-state index >= 15 is 0 Å². The van der Waals surface area contributed by atoms with Crippen LogP contribution in [-0.2, 0) is 45.4 Å². The molecule has 0 aliphatic heterocycles. The first-order valence-corrected chi connectivity index (χ1v) is 13.7. The number of aliphatic hydroxyl groups is 2. The summed E-state index contributed by atoms with van der Waals surface area (Å²) in [6.45, 7) is 1.08. The average molecular weight is 541 g/mol. The lowest BCUT2D eigenvalue weighted by Gasteiger charge is -2.47. The van der Waals surface area contributed by atoms with Crippen LogP contribution in [-0.4, -0.2) is 46.8 Å². The van der Waals surface area contributed by atoms with Crippen molar-refractivity contribution in [3.8, 4) is 0 Å². The van der Waals surface area contributed by atoms with Gasteiger partial charge in [-0.1, -0.05) is 121 Å². The molecule has 4 aromatic carbocycles. The second-order valence-electron chi connectivity index (χ2n) is 10.0. The van der Waals surface area contributed by atoms with Crippen molar-refractivity contribution < 1.29 is 29.2 Å². The summed E-state index contributed by atoms with van der Waals surface area (Å²) in [5, 5.41) is 22.7. The summed E-state index contributed by atoms with van der Waals surface area (Å²) in [7, 11) is 0. The Morgan fingerprint density at radius 2 is 0.575 bits per heavy atom. The molecule has 0 amide bonds. The lowest BCUT2D eigenvalue weighted by Crippen LogP contribution is -2.66. The van der Waals surface area contributed by atoms with Gasteiger partial charge in [0.2, 0.25) is 0 Å². The van der Waals surface area contributed by atoms with Gasteiger partial charge in [0.1, 0.15) is 36.6 Å². The van der Waals surface area contributed by atoms with Gasteiger partial charge in [-0.05, 0) is 22.3 Å². The molecular weight excluding hydrogens is 504 g/mol. The second kappa shape index (κ2) is 14.3. The third kappa shape index (κ3) is 7.43. The van der Waals surface area contributed by atoms with Crippen LogP contribution < -0.4 is 0 Å². The summed E-state index contributed by atoms with van der Waals surface area (Å²) in [6.07, 6.45) is -5.63. The Hall–Kier alpha value is -3.36. The second-order valence-corrected chi connectivity index (χ2v) is 10.0. The standard InChI is InChI=1S/C34H36O6/c35-29-30(36)32(38-22-26-15-7-2-8-16-26)34(40-24-28-19-11-4-12-20-28)33(39-23-27-17-9-3-10-18-27)31(29)37-21-25-13-5-1-6-14-25/h1-20,29-36H,21-24H2/t29-,30+,31-,32-,33-,34-/m1/s1. The zero-order valence-corrected chi connectivity index (χ0v) is 22.4. The van der Waals surface area contributed by atoms with Crippen molar-refractivity contribution in [1.82, 2.24) is 0 Å². The van der Waals surface area contributed by atoms with Crippen LogP contribution in [0, 0.1) is 0 Å². The van der Waals surface area contributed by atoms with Crippen LogP contribution in [0.2, 0.25) is 0 Å². The van der Waals surface area contributed by atoms with Crippen molar-refractivity contribution in [2.45, 2.75) is 63.1 Å². The molecule has 208 valence electrons. The predicted molar refractivity (Wildman–Crippen MR) is 152 cm³/mol. The summed E-state index contributed by atoms with van der Waals surface area (Å²) < 4.78 is 25.5. The van der Waals surface area contributed by atoms with Crippen molar-refractivity contribution >= 4 is 0 Å². The van der Waals surface area contributed by atoms with E-state index in [-0.39, 0.29) is 26.4 Å². The molecule has 6 atom stereocenters. The van der Waals surface area contributed by atoms with Crippen molar-refractivity contribution in [3.63, 3.8) is 0 Å². The highest BCUT2D eigenvalue weighted by atomic mass is 16.6. The van der Waals surface area contributed by atoms with Crippen molar-refractivity contribution in [2.75, 3.05) is 0 Å². The minimum atomic E-state index is -1.25. The van der Waals surface area contributed by atoms with Crippen LogP contribution in [0.3, 0.4) is 0 Å².